The highest BCUT2D eigenvalue weighted by atomic mass is 16.5. The summed E-state index contributed by atoms with van der Waals surface area (Å²) in [5.74, 6) is 0.854. The molecule has 1 aliphatic rings. The summed E-state index contributed by atoms with van der Waals surface area (Å²) in [4.78, 5) is 26.0. The maximum absolute atomic E-state index is 12.2. The second kappa shape index (κ2) is 8.89. The predicted octanol–water partition coefficient (Wildman–Crippen LogP) is 2.74. The lowest BCUT2D eigenvalue weighted by Crippen LogP contribution is -2.41. The summed E-state index contributed by atoms with van der Waals surface area (Å²) < 4.78 is 5.42. The van der Waals surface area contributed by atoms with Gasteiger partial charge in [0, 0.05) is 25.6 Å². The van der Waals surface area contributed by atoms with Gasteiger partial charge in [-0.15, -0.1) is 0 Å². The maximum atomic E-state index is 12.2. The number of nitrogens with one attached hydrogen (secondary N) is 1. The Morgan fingerprint density at radius 1 is 1.14 bits per heavy atom. The second-order valence-corrected chi connectivity index (χ2v) is 7.28. The Bertz CT molecular complexity index is 833. The third-order valence-electron chi connectivity index (χ3n) is 4.92. The van der Waals surface area contributed by atoms with E-state index < -0.39 is 0 Å². The van der Waals surface area contributed by atoms with Gasteiger partial charge in [0.25, 0.3) is 5.91 Å². The van der Waals surface area contributed by atoms with Crippen LogP contribution < -0.4 is 20.7 Å². The van der Waals surface area contributed by atoms with Gasteiger partial charge in [-0.3, -0.25) is 9.59 Å². The van der Waals surface area contributed by atoms with Gasteiger partial charge in [0.1, 0.15) is 5.75 Å². The van der Waals surface area contributed by atoms with Crippen LogP contribution in [0.5, 0.6) is 5.75 Å². The minimum absolute atomic E-state index is 0.00409. The molecule has 2 aromatic carbocycles. The fourth-order valence-electron chi connectivity index (χ4n) is 3.17. The van der Waals surface area contributed by atoms with Gasteiger partial charge >= 0.3 is 0 Å². The molecule has 0 spiro atoms. The highest BCUT2D eigenvalue weighted by Crippen LogP contribution is 2.31. The van der Waals surface area contributed by atoms with E-state index in [1.54, 1.807) is 4.90 Å². The van der Waals surface area contributed by atoms with Gasteiger partial charge in [-0.25, -0.2) is 0 Å². The van der Waals surface area contributed by atoms with Gasteiger partial charge in [0.05, 0.1) is 5.69 Å². The van der Waals surface area contributed by atoms with Crippen LogP contribution in [0.2, 0.25) is 0 Å². The average Bonchev–Trinajstić information content (AvgIpc) is 2.71. The number of amides is 2. The summed E-state index contributed by atoms with van der Waals surface area (Å²) in [7, 11) is 0. The number of para-hydroxylation sites is 2. The highest BCUT2D eigenvalue weighted by molar-refractivity contribution is 5.98. The number of rotatable bonds is 7. The molecule has 0 bridgehead atoms. The molecule has 148 valence electrons. The minimum atomic E-state index is -0.268. The number of carbonyl (C=O) groups is 2. The zero-order valence-corrected chi connectivity index (χ0v) is 16.4. The topological polar surface area (TPSA) is 84.7 Å². The van der Waals surface area contributed by atoms with Crippen molar-refractivity contribution in [2.75, 3.05) is 24.6 Å². The zero-order valence-electron chi connectivity index (χ0n) is 16.4. The van der Waals surface area contributed by atoms with Gasteiger partial charge in [-0.1, -0.05) is 50.2 Å². The van der Waals surface area contributed by atoms with Crippen molar-refractivity contribution < 1.29 is 14.3 Å². The molecule has 6 heteroatoms. The standard InChI is InChI=1S/C22H27N3O3/c1-15(2)16-7-9-17(10-8-16)18(23)13-24-21(26)11-12-25-19-5-3-4-6-20(19)28-14-22(25)27/h3-10,15,18H,11-14,23H2,1-2H3,(H,24,26). The summed E-state index contributed by atoms with van der Waals surface area (Å²) in [5.41, 5.74) is 9.15. The molecule has 6 nitrogen and oxygen atoms in total. The number of benzene rings is 2. The van der Waals surface area contributed by atoms with Crippen molar-refractivity contribution in [3.63, 3.8) is 0 Å². The molecule has 1 atom stereocenters. The van der Waals surface area contributed by atoms with Crippen molar-refractivity contribution in [1.29, 1.82) is 0 Å². The van der Waals surface area contributed by atoms with E-state index >= 15 is 0 Å². The van der Waals surface area contributed by atoms with Crippen LogP contribution in [0.25, 0.3) is 0 Å². The molecule has 28 heavy (non-hydrogen) atoms. The number of ether oxygens (including phenoxy) is 1. The quantitative estimate of drug-likeness (QED) is 0.772. The fourth-order valence-corrected chi connectivity index (χ4v) is 3.17. The van der Waals surface area contributed by atoms with Crippen molar-refractivity contribution >= 4 is 17.5 Å². The normalized spacial score (nSPS) is 14.4. The van der Waals surface area contributed by atoms with E-state index in [0.29, 0.717) is 30.4 Å². The number of carbonyl (C=O) groups excluding carboxylic acids is 2. The van der Waals surface area contributed by atoms with Crippen molar-refractivity contribution in [2.24, 2.45) is 5.73 Å². The largest absolute Gasteiger partial charge is 0.482 e. The molecule has 0 aliphatic carbocycles. The minimum Gasteiger partial charge on any atom is -0.482 e. The number of hydrogen-bond donors (Lipinski definition) is 2. The number of nitrogens with zero attached hydrogens (tertiary/aromatic N) is 1. The van der Waals surface area contributed by atoms with E-state index in [0.717, 1.165) is 5.56 Å². The van der Waals surface area contributed by atoms with Gasteiger partial charge in [-0.2, -0.15) is 0 Å². The van der Waals surface area contributed by atoms with Crippen molar-refractivity contribution in [3.05, 3.63) is 59.7 Å². The molecule has 1 heterocycles. The molecule has 0 saturated carbocycles. The Kier molecular flexibility index (Phi) is 6.31. The SMILES string of the molecule is CC(C)c1ccc(C(N)CNC(=O)CCN2C(=O)COc3ccccc32)cc1. The Morgan fingerprint density at radius 3 is 2.54 bits per heavy atom. The molecule has 1 aliphatic heterocycles. The van der Waals surface area contributed by atoms with Gasteiger partial charge in [0.15, 0.2) is 6.61 Å². The first kappa shape index (κ1) is 19.9. The molecule has 2 aromatic rings. The monoisotopic (exact) mass is 381 g/mol. The lowest BCUT2D eigenvalue weighted by molar-refractivity contribution is -0.122. The average molecular weight is 381 g/mol. The van der Waals surface area contributed by atoms with E-state index in [9.17, 15) is 9.59 Å². The maximum Gasteiger partial charge on any atom is 0.265 e. The van der Waals surface area contributed by atoms with Gasteiger partial charge in [0.2, 0.25) is 5.91 Å². The molecule has 0 fully saturated rings. The van der Waals surface area contributed by atoms with Crippen molar-refractivity contribution in [1.82, 2.24) is 5.32 Å². The second-order valence-electron chi connectivity index (χ2n) is 7.28. The Morgan fingerprint density at radius 2 is 1.82 bits per heavy atom. The predicted molar refractivity (Wildman–Crippen MR) is 109 cm³/mol. The lowest BCUT2D eigenvalue weighted by Gasteiger charge is -2.29. The van der Waals surface area contributed by atoms with E-state index in [1.165, 1.54) is 5.56 Å². The molecule has 1 unspecified atom stereocenters. The summed E-state index contributed by atoms with van der Waals surface area (Å²) in [6, 6.07) is 15.2. The van der Waals surface area contributed by atoms with Crippen LogP contribution in [0.15, 0.2) is 48.5 Å². The van der Waals surface area contributed by atoms with E-state index in [2.05, 4.69) is 31.3 Å². The molecule has 0 radical (unpaired) electrons. The van der Waals surface area contributed by atoms with Gasteiger partial charge in [-0.05, 0) is 29.2 Å². The van der Waals surface area contributed by atoms with Crippen LogP contribution in [0.1, 0.15) is 43.4 Å². The third-order valence-corrected chi connectivity index (χ3v) is 4.92. The van der Waals surface area contributed by atoms with Crippen molar-refractivity contribution in [2.45, 2.75) is 32.2 Å². The Labute approximate surface area is 165 Å². The molecule has 0 aromatic heterocycles. The smallest absolute Gasteiger partial charge is 0.265 e. The van der Waals surface area contributed by atoms with E-state index in [-0.39, 0.29) is 30.9 Å². The molecule has 0 saturated heterocycles. The fraction of sp³-hybridized carbons (Fsp3) is 0.364. The lowest BCUT2D eigenvalue weighted by atomic mass is 9.99. The molecule has 2 amide bonds. The number of fused-ring (bicyclic) bond motifs is 1. The van der Waals surface area contributed by atoms with Gasteiger partial charge < -0.3 is 20.7 Å². The summed E-state index contributed by atoms with van der Waals surface area (Å²) in [6.07, 6.45) is 0.207. The van der Waals surface area contributed by atoms with Crippen LogP contribution in [0.3, 0.4) is 0 Å². The summed E-state index contributed by atoms with van der Waals surface area (Å²) in [6.45, 7) is 4.95. The zero-order chi connectivity index (χ0) is 20.1. The van der Waals surface area contributed by atoms with Crippen LogP contribution in [-0.4, -0.2) is 31.5 Å². The van der Waals surface area contributed by atoms with Crippen LogP contribution in [0.4, 0.5) is 5.69 Å². The van der Waals surface area contributed by atoms with Crippen molar-refractivity contribution in [3.8, 4) is 5.75 Å². The molecular weight excluding hydrogens is 354 g/mol. The van der Waals surface area contributed by atoms with E-state index in [1.807, 2.05) is 36.4 Å². The summed E-state index contributed by atoms with van der Waals surface area (Å²) >= 11 is 0. The first-order valence-electron chi connectivity index (χ1n) is 9.60. The molecule has 3 rings (SSSR count). The molecule has 3 N–H and O–H groups in total. The highest BCUT2D eigenvalue weighted by Gasteiger charge is 2.25. The Balaban J connectivity index is 1.50. The van der Waals surface area contributed by atoms with Crippen LogP contribution in [0, 0.1) is 0 Å². The first-order valence-corrected chi connectivity index (χ1v) is 9.60. The number of anilines is 1. The molecular formula is C22H27N3O3. The van der Waals surface area contributed by atoms with E-state index in [4.69, 9.17) is 10.5 Å². The number of hydrogen-bond acceptors (Lipinski definition) is 4. The summed E-state index contributed by atoms with van der Waals surface area (Å²) in [5, 5.41) is 2.86. The number of nitrogens with two attached hydrogens (primary N) is 1. The van der Waals surface area contributed by atoms with Crippen LogP contribution >= 0.6 is 0 Å². The first-order chi connectivity index (χ1) is 13.5. The Hall–Kier alpha value is -2.86. The van der Waals surface area contributed by atoms with Crippen LogP contribution in [-0.2, 0) is 9.59 Å². The third kappa shape index (κ3) is 4.70.